The van der Waals surface area contributed by atoms with E-state index in [1.807, 2.05) is 53.7 Å². The summed E-state index contributed by atoms with van der Waals surface area (Å²) in [6, 6.07) is 5.97. The van der Waals surface area contributed by atoms with Crippen LogP contribution in [-0.4, -0.2) is 29.2 Å². The molecule has 1 amide bonds. The minimum absolute atomic E-state index is 0.0148. The quantitative estimate of drug-likeness (QED) is 0.769. The second kappa shape index (κ2) is 5.91. The van der Waals surface area contributed by atoms with Gasteiger partial charge in [0.1, 0.15) is 0 Å². The Morgan fingerprint density at radius 3 is 2.41 bits per heavy atom. The fraction of sp³-hybridized carbons (Fsp3) is 0.429. The predicted octanol–water partition coefficient (Wildman–Crippen LogP) is 3.16. The highest BCUT2D eigenvalue weighted by molar-refractivity contribution is 6.62. The molecule has 140 valence electrons. The van der Waals surface area contributed by atoms with E-state index < -0.39 is 18.3 Å². The number of carbonyl (C=O) groups excluding carboxylic acids is 1. The third-order valence-electron chi connectivity index (χ3n) is 6.09. The first kappa shape index (κ1) is 18.2. The van der Waals surface area contributed by atoms with Gasteiger partial charge >= 0.3 is 7.12 Å². The zero-order valence-corrected chi connectivity index (χ0v) is 16.8. The van der Waals surface area contributed by atoms with Gasteiger partial charge in [-0.05, 0) is 58.7 Å². The number of benzene rings is 1. The zero-order chi connectivity index (χ0) is 19.6. The van der Waals surface area contributed by atoms with Crippen molar-refractivity contribution in [2.24, 2.45) is 0 Å². The number of fused-ring (bicyclic) bond motifs is 1. The Morgan fingerprint density at radius 2 is 1.74 bits per heavy atom. The van der Waals surface area contributed by atoms with Crippen LogP contribution in [0.15, 0.2) is 30.6 Å². The number of anilines is 1. The normalized spacial score (nSPS) is 20.3. The molecule has 1 fully saturated rings. The van der Waals surface area contributed by atoms with Crippen LogP contribution in [0, 0.1) is 13.8 Å². The Balaban J connectivity index is 1.69. The minimum atomic E-state index is -0.496. The molecule has 5 nitrogen and oxygen atoms in total. The number of amides is 1. The molecular weight excluding hydrogens is 339 g/mol. The van der Waals surface area contributed by atoms with Gasteiger partial charge in [-0.1, -0.05) is 17.7 Å². The van der Waals surface area contributed by atoms with Gasteiger partial charge in [0, 0.05) is 17.2 Å². The van der Waals surface area contributed by atoms with Gasteiger partial charge in [0.2, 0.25) is 0 Å². The Bertz CT molecular complexity index is 923. The number of aryl methyl sites for hydroxylation is 1. The van der Waals surface area contributed by atoms with Gasteiger partial charge in [0.25, 0.3) is 5.91 Å². The van der Waals surface area contributed by atoms with E-state index in [1.165, 1.54) is 0 Å². The van der Waals surface area contributed by atoms with Gasteiger partial charge in [-0.25, -0.2) is 0 Å². The third-order valence-corrected chi connectivity index (χ3v) is 6.09. The molecule has 0 atom stereocenters. The molecular formula is C21H25BN2O3. The Labute approximate surface area is 160 Å². The van der Waals surface area contributed by atoms with Gasteiger partial charge in [-0.2, -0.15) is 0 Å². The lowest BCUT2D eigenvalue weighted by Gasteiger charge is -2.32. The van der Waals surface area contributed by atoms with Crippen LogP contribution in [0.4, 0.5) is 5.69 Å². The topological polar surface area (TPSA) is 51.7 Å². The molecule has 6 heteroatoms. The van der Waals surface area contributed by atoms with E-state index in [2.05, 4.69) is 11.1 Å². The molecule has 0 unspecified atom stereocenters. The fourth-order valence-corrected chi connectivity index (χ4v) is 3.65. The molecule has 1 aromatic heterocycles. The van der Waals surface area contributed by atoms with Crippen LogP contribution >= 0.6 is 0 Å². The maximum atomic E-state index is 12.9. The zero-order valence-electron chi connectivity index (χ0n) is 16.8. The average Bonchev–Trinajstić information content (AvgIpc) is 3.00. The molecule has 2 aromatic rings. The SMILES string of the molecule is Cc1ccc2c(c1)CN(c1cncc(B3OC(C)(C)C(C)(C)O3)c1C)C2=O. The van der Waals surface area contributed by atoms with E-state index in [0.29, 0.717) is 6.54 Å². The van der Waals surface area contributed by atoms with Crippen molar-refractivity contribution in [1.29, 1.82) is 0 Å². The molecule has 0 saturated carbocycles. The van der Waals surface area contributed by atoms with Crippen LogP contribution in [0.5, 0.6) is 0 Å². The molecule has 0 bridgehead atoms. The number of aromatic nitrogens is 1. The van der Waals surface area contributed by atoms with Gasteiger partial charge in [0.15, 0.2) is 0 Å². The summed E-state index contributed by atoms with van der Waals surface area (Å²) in [4.78, 5) is 19.1. The summed E-state index contributed by atoms with van der Waals surface area (Å²) < 4.78 is 12.4. The maximum Gasteiger partial charge on any atom is 0.496 e. The van der Waals surface area contributed by atoms with E-state index in [4.69, 9.17) is 9.31 Å². The van der Waals surface area contributed by atoms with Crippen molar-refractivity contribution >= 4 is 24.2 Å². The summed E-state index contributed by atoms with van der Waals surface area (Å²) in [5.74, 6) is 0.0148. The summed E-state index contributed by atoms with van der Waals surface area (Å²) in [6.07, 6.45) is 3.53. The number of hydrogen-bond acceptors (Lipinski definition) is 4. The highest BCUT2D eigenvalue weighted by Gasteiger charge is 2.52. The van der Waals surface area contributed by atoms with E-state index in [1.54, 1.807) is 17.3 Å². The lowest BCUT2D eigenvalue weighted by Crippen LogP contribution is -2.41. The van der Waals surface area contributed by atoms with Crippen molar-refractivity contribution < 1.29 is 14.1 Å². The summed E-state index contributed by atoms with van der Waals surface area (Å²) in [6.45, 7) is 12.7. The lowest BCUT2D eigenvalue weighted by atomic mass is 9.77. The van der Waals surface area contributed by atoms with Crippen LogP contribution in [0.2, 0.25) is 0 Å². The van der Waals surface area contributed by atoms with Gasteiger partial charge in [0.05, 0.1) is 29.6 Å². The fourth-order valence-electron chi connectivity index (χ4n) is 3.65. The van der Waals surface area contributed by atoms with Crippen molar-refractivity contribution in [2.75, 3.05) is 4.90 Å². The van der Waals surface area contributed by atoms with Crippen molar-refractivity contribution in [3.63, 3.8) is 0 Å². The van der Waals surface area contributed by atoms with Crippen LogP contribution in [0.25, 0.3) is 0 Å². The first-order valence-electron chi connectivity index (χ1n) is 9.32. The highest BCUT2D eigenvalue weighted by Crippen LogP contribution is 2.37. The molecule has 2 aliphatic rings. The molecule has 2 aliphatic heterocycles. The first-order valence-corrected chi connectivity index (χ1v) is 9.32. The molecule has 1 saturated heterocycles. The number of rotatable bonds is 2. The van der Waals surface area contributed by atoms with Crippen molar-refractivity contribution in [2.45, 2.75) is 59.3 Å². The van der Waals surface area contributed by atoms with E-state index in [9.17, 15) is 4.79 Å². The third kappa shape index (κ3) is 2.79. The summed E-state index contributed by atoms with van der Waals surface area (Å²) in [5.41, 5.74) is 4.77. The Kier molecular flexibility index (Phi) is 3.98. The molecule has 1 aromatic carbocycles. The number of pyridine rings is 1. The summed E-state index contributed by atoms with van der Waals surface area (Å²) in [7, 11) is -0.496. The second-order valence-electron chi connectivity index (χ2n) is 8.51. The van der Waals surface area contributed by atoms with Crippen LogP contribution in [-0.2, 0) is 15.9 Å². The molecule has 0 N–H and O–H groups in total. The summed E-state index contributed by atoms with van der Waals surface area (Å²) in [5, 5.41) is 0. The van der Waals surface area contributed by atoms with Crippen molar-refractivity contribution in [3.05, 3.63) is 52.8 Å². The monoisotopic (exact) mass is 364 g/mol. The molecule has 0 aliphatic carbocycles. The minimum Gasteiger partial charge on any atom is -0.399 e. The van der Waals surface area contributed by atoms with E-state index in [0.717, 1.165) is 33.4 Å². The predicted molar refractivity (Wildman–Crippen MR) is 106 cm³/mol. The standard InChI is InChI=1S/C21H25BN2O3/c1-13-7-8-16-15(9-13)12-24(19(16)25)18-11-23-10-17(14(18)2)22-26-20(3,4)21(5,6)27-22/h7-11H,12H2,1-6H3. The van der Waals surface area contributed by atoms with Crippen LogP contribution in [0.3, 0.4) is 0 Å². The van der Waals surface area contributed by atoms with E-state index in [-0.39, 0.29) is 5.91 Å². The van der Waals surface area contributed by atoms with E-state index >= 15 is 0 Å². The van der Waals surface area contributed by atoms with Crippen molar-refractivity contribution in [3.8, 4) is 0 Å². The van der Waals surface area contributed by atoms with Gasteiger partial charge < -0.3 is 14.2 Å². The molecule has 4 rings (SSSR count). The van der Waals surface area contributed by atoms with Gasteiger partial charge in [-0.15, -0.1) is 0 Å². The number of hydrogen-bond donors (Lipinski definition) is 0. The highest BCUT2D eigenvalue weighted by atomic mass is 16.7. The largest absolute Gasteiger partial charge is 0.496 e. The number of nitrogens with zero attached hydrogens (tertiary/aromatic N) is 2. The van der Waals surface area contributed by atoms with Crippen LogP contribution < -0.4 is 10.4 Å². The number of carbonyl (C=O) groups is 1. The Hall–Kier alpha value is -2.18. The van der Waals surface area contributed by atoms with Crippen LogP contribution in [0.1, 0.15) is 54.7 Å². The van der Waals surface area contributed by atoms with Crippen molar-refractivity contribution in [1.82, 2.24) is 4.98 Å². The first-order chi connectivity index (χ1) is 12.6. The molecule has 0 radical (unpaired) electrons. The maximum absolute atomic E-state index is 12.9. The van der Waals surface area contributed by atoms with Gasteiger partial charge in [-0.3, -0.25) is 9.78 Å². The smallest absolute Gasteiger partial charge is 0.399 e. The molecule has 27 heavy (non-hydrogen) atoms. The second-order valence-corrected chi connectivity index (χ2v) is 8.51. The average molecular weight is 364 g/mol. The lowest BCUT2D eigenvalue weighted by molar-refractivity contribution is 0.00578. The summed E-state index contributed by atoms with van der Waals surface area (Å²) >= 11 is 0. The Morgan fingerprint density at radius 1 is 1.07 bits per heavy atom. The molecule has 0 spiro atoms. The molecule has 3 heterocycles.